The van der Waals surface area contributed by atoms with Gasteiger partial charge in [-0.05, 0) is 0 Å². The molecule has 1 nitrogen and oxygen atoms in total. The van der Waals surface area contributed by atoms with E-state index in [1.165, 1.54) is 0 Å². The van der Waals surface area contributed by atoms with Crippen LogP contribution in [0.4, 0.5) is 5.69 Å². The van der Waals surface area contributed by atoms with Gasteiger partial charge in [0.25, 0.3) is 0 Å². The molecule has 2 heteroatoms. The van der Waals surface area contributed by atoms with Gasteiger partial charge < -0.3 is 13.2 Å². The number of anilines is 1. The van der Waals surface area contributed by atoms with Crippen LogP contribution in [-0.2, 0) is 32.7 Å². The van der Waals surface area contributed by atoms with E-state index in [0.717, 1.165) is 0 Å². The standard InChI is InChI=1S/C6H6N.CH3.Y/c7-6-4-2-1-3-5-6;;/h1-4H,7H2;1H3;/q2*-1;. The number of nitrogen functional groups attached to an aromatic ring is 1. The van der Waals surface area contributed by atoms with Crippen LogP contribution < -0.4 is 5.73 Å². The van der Waals surface area contributed by atoms with Gasteiger partial charge in [-0.1, -0.05) is 5.69 Å². The van der Waals surface area contributed by atoms with E-state index in [-0.39, 0.29) is 40.1 Å². The van der Waals surface area contributed by atoms with Gasteiger partial charge in [0.2, 0.25) is 0 Å². The van der Waals surface area contributed by atoms with Crippen LogP contribution in [-0.4, -0.2) is 0 Å². The predicted molar refractivity (Wildman–Crippen MR) is 36.1 cm³/mol. The number of benzene rings is 1. The first-order valence-corrected chi connectivity index (χ1v) is 2.12. The SMILES string of the molecule is Nc1[c-]cccc1.[CH3-].[Y]. The van der Waals surface area contributed by atoms with Crippen LogP contribution in [0.5, 0.6) is 0 Å². The third-order valence-corrected chi connectivity index (χ3v) is 0.733. The van der Waals surface area contributed by atoms with Crippen molar-refractivity contribution in [2.45, 2.75) is 0 Å². The Morgan fingerprint density at radius 1 is 1.33 bits per heavy atom. The summed E-state index contributed by atoms with van der Waals surface area (Å²) in [4.78, 5) is 0. The molecule has 0 bridgehead atoms. The first kappa shape index (κ1) is 11.9. The number of hydrogen-bond donors (Lipinski definition) is 1. The van der Waals surface area contributed by atoms with Gasteiger partial charge in [0, 0.05) is 32.7 Å². The van der Waals surface area contributed by atoms with Crippen LogP contribution in [0.1, 0.15) is 0 Å². The molecule has 1 aromatic rings. The summed E-state index contributed by atoms with van der Waals surface area (Å²) >= 11 is 0. The van der Waals surface area contributed by atoms with Gasteiger partial charge in [-0.3, -0.25) is 0 Å². The zero-order valence-corrected chi connectivity index (χ0v) is 8.30. The maximum absolute atomic E-state index is 5.30. The summed E-state index contributed by atoms with van der Waals surface area (Å²) in [5.74, 6) is 0. The average Bonchev–Trinajstić information content (AvgIpc) is 1.69. The summed E-state index contributed by atoms with van der Waals surface area (Å²) in [5.41, 5.74) is 6.00. The second-order valence-corrected chi connectivity index (χ2v) is 1.32. The summed E-state index contributed by atoms with van der Waals surface area (Å²) in [6.45, 7) is 0. The van der Waals surface area contributed by atoms with Crippen molar-refractivity contribution in [2.75, 3.05) is 5.73 Å². The second kappa shape index (κ2) is 6.25. The second-order valence-electron chi connectivity index (χ2n) is 1.32. The van der Waals surface area contributed by atoms with Crippen LogP contribution in [0, 0.1) is 13.5 Å². The average molecular weight is 196 g/mol. The molecule has 47 valence electrons. The molecule has 0 aliphatic carbocycles. The normalized spacial score (nSPS) is 6.67. The maximum atomic E-state index is 5.30. The van der Waals surface area contributed by atoms with Gasteiger partial charge in [-0.25, -0.2) is 0 Å². The van der Waals surface area contributed by atoms with Gasteiger partial charge in [0.05, 0.1) is 0 Å². The third kappa shape index (κ3) is 4.62. The summed E-state index contributed by atoms with van der Waals surface area (Å²) in [7, 11) is 0. The fraction of sp³-hybridized carbons (Fsp3) is 0. The topological polar surface area (TPSA) is 26.0 Å². The number of hydrogen-bond acceptors (Lipinski definition) is 1. The van der Waals surface area contributed by atoms with Crippen LogP contribution in [0.25, 0.3) is 0 Å². The van der Waals surface area contributed by atoms with E-state index < -0.39 is 0 Å². The third-order valence-electron chi connectivity index (χ3n) is 0.733. The Bertz CT molecular complexity index is 139. The first-order chi connectivity index (χ1) is 3.39. The van der Waals surface area contributed by atoms with E-state index >= 15 is 0 Å². The molecule has 2 N–H and O–H groups in total. The van der Waals surface area contributed by atoms with Crippen molar-refractivity contribution in [3.05, 3.63) is 37.8 Å². The molecule has 0 unspecified atom stereocenters. The monoisotopic (exact) mass is 196 g/mol. The fourth-order valence-corrected chi connectivity index (χ4v) is 0.407. The molecule has 0 saturated heterocycles. The Balaban J connectivity index is 0. The molecule has 0 saturated carbocycles. The zero-order chi connectivity index (χ0) is 5.11. The minimum atomic E-state index is 0. The van der Waals surface area contributed by atoms with E-state index in [2.05, 4.69) is 6.07 Å². The molecule has 0 aliphatic heterocycles. The molecule has 9 heavy (non-hydrogen) atoms. The molecule has 1 aromatic carbocycles. The Labute approximate surface area is 81.5 Å². The maximum Gasteiger partial charge on any atom is 0 e. The first-order valence-electron chi connectivity index (χ1n) is 2.12. The minimum absolute atomic E-state index is 0. The van der Waals surface area contributed by atoms with Gasteiger partial charge >= 0.3 is 0 Å². The van der Waals surface area contributed by atoms with Gasteiger partial charge in [-0.15, -0.1) is 6.07 Å². The summed E-state index contributed by atoms with van der Waals surface area (Å²) in [6.07, 6.45) is 0. The van der Waals surface area contributed by atoms with E-state index in [4.69, 9.17) is 5.73 Å². The summed E-state index contributed by atoms with van der Waals surface area (Å²) < 4.78 is 0. The number of nitrogens with two attached hydrogens (primary N) is 1. The van der Waals surface area contributed by atoms with Crippen molar-refractivity contribution in [3.8, 4) is 0 Å². The van der Waals surface area contributed by atoms with Gasteiger partial charge in [0.15, 0.2) is 0 Å². The smallest absolute Gasteiger partial charge is 0 e. The Morgan fingerprint density at radius 3 is 2.22 bits per heavy atom. The minimum Gasteiger partial charge on any atom is -0.420 e. The van der Waals surface area contributed by atoms with Crippen molar-refractivity contribution >= 4 is 5.69 Å². The van der Waals surface area contributed by atoms with E-state index in [1.54, 1.807) is 12.1 Å². The van der Waals surface area contributed by atoms with Crippen molar-refractivity contribution in [1.82, 2.24) is 0 Å². The van der Waals surface area contributed by atoms with Crippen LogP contribution >= 0.6 is 0 Å². The van der Waals surface area contributed by atoms with Crippen molar-refractivity contribution in [3.63, 3.8) is 0 Å². The fourth-order valence-electron chi connectivity index (χ4n) is 0.407. The van der Waals surface area contributed by atoms with Crippen LogP contribution in [0.2, 0.25) is 0 Å². The van der Waals surface area contributed by atoms with Gasteiger partial charge in [0.1, 0.15) is 0 Å². The molecular formula is C7H9NY-2. The molecule has 0 amide bonds. The van der Waals surface area contributed by atoms with E-state index in [1.807, 2.05) is 12.1 Å². The molecule has 0 heterocycles. The van der Waals surface area contributed by atoms with Crippen LogP contribution in [0.15, 0.2) is 24.3 Å². The molecule has 0 spiro atoms. The molecule has 0 aromatic heterocycles. The number of para-hydroxylation sites is 1. The molecule has 1 radical (unpaired) electrons. The molecular weight excluding hydrogens is 187 g/mol. The Kier molecular flexibility index (Phi) is 8.24. The molecule has 1 rings (SSSR count). The summed E-state index contributed by atoms with van der Waals surface area (Å²) in [5, 5.41) is 0. The Morgan fingerprint density at radius 2 is 2.00 bits per heavy atom. The molecule has 0 fully saturated rings. The number of rotatable bonds is 0. The van der Waals surface area contributed by atoms with E-state index in [0.29, 0.717) is 5.69 Å². The quantitative estimate of drug-likeness (QED) is 0.494. The largest absolute Gasteiger partial charge is 0.420 e. The van der Waals surface area contributed by atoms with Crippen LogP contribution in [0.3, 0.4) is 0 Å². The predicted octanol–water partition coefficient (Wildman–Crippen LogP) is 1.52. The van der Waals surface area contributed by atoms with Crippen molar-refractivity contribution in [1.29, 1.82) is 0 Å². The van der Waals surface area contributed by atoms with E-state index in [9.17, 15) is 0 Å². The van der Waals surface area contributed by atoms with Gasteiger partial charge in [-0.2, -0.15) is 24.3 Å². The molecule has 0 aliphatic rings. The van der Waals surface area contributed by atoms with Crippen molar-refractivity contribution < 1.29 is 32.7 Å². The van der Waals surface area contributed by atoms with Crippen molar-refractivity contribution in [2.24, 2.45) is 0 Å². The zero-order valence-electron chi connectivity index (χ0n) is 5.46. The molecule has 0 atom stereocenters. The summed E-state index contributed by atoms with van der Waals surface area (Å²) in [6, 6.07) is 10.2. The Hall–Kier alpha value is 0.124.